The minimum atomic E-state index is -0.422. The number of aryl methyl sites for hydroxylation is 2. The Morgan fingerprint density at radius 2 is 2.35 bits per heavy atom. The van der Waals surface area contributed by atoms with Gasteiger partial charge in [-0.3, -0.25) is 10.1 Å². The summed E-state index contributed by atoms with van der Waals surface area (Å²) in [7, 11) is 0. The quantitative estimate of drug-likeness (QED) is 0.669. The van der Waals surface area contributed by atoms with Crippen LogP contribution in [0.4, 0.5) is 11.5 Å². The number of rotatable bonds is 3. The molecule has 0 saturated heterocycles. The fourth-order valence-corrected chi connectivity index (χ4v) is 2.38. The average Bonchev–Trinajstić information content (AvgIpc) is 2.85. The second-order valence-electron chi connectivity index (χ2n) is 4.85. The standard InChI is InChI=1S/C12H14N6O2/c1-8-4-11(13-5-10(8)18(19)20)16-9-2-3-12-14-7-15-17(12)6-9/h4-5,7,9H,2-3,6H2,1H3,(H,13,16). The highest BCUT2D eigenvalue weighted by Gasteiger charge is 2.20. The zero-order valence-corrected chi connectivity index (χ0v) is 11.0. The molecule has 0 saturated carbocycles. The van der Waals surface area contributed by atoms with Gasteiger partial charge in [-0.05, 0) is 19.4 Å². The van der Waals surface area contributed by atoms with Crippen molar-refractivity contribution in [3.05, 3.63) is 40.1 Å². The number of nitrogens with zero attached hydrogens (tertiary/aromatic N) is 5. The Bertz CT molecular complexity index is 653. The van der Waals surface area contributed by atoms with E-state index in [1.165, 1.54) is 6.20 Å². The first-order valence-corrected chi connectivity index (χ1v) is 6.38. The molecule has 2 aromatic rings. The van der Waals surface area contributed by atoms with E-state index in [9.17, 15) is 10.1 Å². The molecule has 0 radical (unpaired) electrons. The van der Waals surface area contributed by atoms with Crippen LogP contribution in [0.2, 0.25) is 0 Å². The fourth-order valence-electron chi connectivity index (χ4n) is 2.38. The van der Waals surface area contributed by atoms with E-state index >= 15 is 0 Å². The van der Waals surface area contributed by atoms with Gasteiger partial charge >= 0.3 is 0 Å². The van der Waals surface area contributed by atoms with E-state index in [2.05, 4.69) is 20.4 Å². The number of anilines is 1. The molecule has 0 amide bonds. The maximum absolute atomic E-state index is 10.8. The van der Waals surface area contributed by atoms with Crippen molar-refractivity contribution < 1.29 is 4.92 Å². The lowest BCUT2D eigenvalue weighted by Gasteiger charge is -2.24. The summed E-state index contributed by atoms with van der Waals surface area (Å²) >= 11 is 0. The molecule has 0 bridgehead atoms. The molecular formula is C12H14N6O2. The molecular weight excluding hydrogens is 260 g/mol. The summed E-state index contributed by atoms with van der Waals surface area (Å²) in [4.78, 5) is 18.6. The van der Waals surface area contributed by atoms with Gasteiger partial charge in [-0.25, -0.2) is 14.6 Å². The van der Waals surface area contributed by atoms with Crippen molar-refractivity contribution in [3.63, 3.8) is 0 Å². The van der Waals surface area contributed by atoms with Crippen LogP contribution < -0.4 is 5.32 Å². The number of fused-ring (bicyclic) bond motifs is 1. The Morgan fingerprint density at radius 3 is 3.10 bits per heavy atom. The van der Waals surface area contributed by atoms with Crippen molar-refractivity contribution in [3.8, 4) is 0 Å². The van der Waals surface area contributed by atoms with Gasteiger partial charge in [0.05, 0.1) is 11.5 Å². The summed E-state index contributed by atoms with van der Waals surface area (Å²) in [5.74, 6) is 1.65. The van der Waals surface area contributed by atoms with Crippen LogP contribution in [0.3, 0.4) is 0 Å². The predicted molar refractivity (Wildman–Crippen MR) is 71.4 cm³/mol. The van der Waals surface area contributed by atoms with Gasteiger partial charge < -0.3 is 5.32 Å². The summed E-state index contributed by atoms with van der Waals surface area (Å²) in [6.45, 7) is 2.44. The smallest absolute Gasteiger partial charge is 0.290 e. The molecule has 0 aromatic carbocycles. The predicted octanol–water partition coefficient (Wildman–Crippen LogP) is 1.32. The van der Waals surface area contributed by atoms with Crippen LogP contribution >= 0.6 is 0 Å². The number of nitrogens with one attached hydrogen (secondary N) is 1. The Balaban J connectivity index is 1.73. The van der Waals surface area contributed by atoms with Gasteiger partial charge in [-0.15, -0.1) is 0 Å². The third-order valence-corrected chi connectivity index (χ3v) is 3.44. The topological polar surface area (TPSA) is 98.8 Å². The number of hydrogen-bond donors (Lipinski definition) is 1. The molecule has 0 spiro atoms. The lowest BCUT2D eigenvalue weighted by molar-refractivity contribution is -0.385. The molecule has 0 aliphatic carbocycles. The maximum atomic E-state index is 10.8. The minimum Gasteiger partial charge on any atom is -0.365 e. The SMILES string of the molecule is Cc1cc(NC2CCc3ncnn3C2)ncc1[N+](=O)[O-]. The zero-order valence-electron chi connectivity index (χ0n) is 11.0. The maximum Gasteiger partial charge on any atom is 0.290 e. The first-order valence-electron chi connectivity index (χ1n) is 6.38. The largest absolute Gasteiger partial charge is 0.365 e. The van der Waals surface area contributed by atoms with Crippen molar-refractivity contribution in [2.75, 3.05) is 5.32 Å². The summed E-state index contributed by atoms with van der Waals surface area (Å²) in [5, 5.41) is 18.2. The fraction of sp³-hybridized carbons (Fsp3) is 0.417. The molecule has 8 nitrogen and oxygen atoms in total. The highest BCUT2D eigenvalue weighted by Crippen LogP contribution is 2.21. The van der Waals surface area contributed by atoms with E-state index in [0.717, 1.165) is 25.2 Å². The summed E-state index contributed by atoms with van der Waals surface area (Å²) in [5.41, 5.74) is 0.641. The molecule has 1 aliphatic heterocycles. The van der Waals surface area contributed by atoms with Gasteiger partial charge in [0.25, 0.3) is 5.69 Å². The van der Waals surface area contributed by atoms with Crippen LogP contribution in [-0.2, 0) is 13.0 Å². The van der Waals surface area contributed by atoms with Crippen molar-refractivity contribution >= 4 is 11.5 Å². The molecule has 20 heavy (non-hydrogen) atoms. The lowest BCUT2D eigenvalue weighted by atomic mass is 10.1. The van der Waals surface area contributed by atoms with Crippen molar-refractivity contribution in [2.45, 2.75) is 32.4 Å². The zero-order chi connectivity index (χ0) is 14.1. The summed E-state index contributed by atoms with van der Waals surface area (Å²) < 4.78 is 1.87. The lowest BCUT2D eigenvalue weighted by Crippen LogP contribution is -2.32. The molecule has 104 valence electrons. The molecule has 3 heterocycles. The third-order valence-electron chi connectivity index (χ3n) is 3.44. The number of pyridine rings is 1. The number of hydrogen-bond acceptors (Lipinski definition) is 6. The molecule has 8 heteroatoms. The second-order valence-corrected chi connectivity index (χ2v) is 4.85. The van der Waals surface area contributed by atoms with Crippen LogP contribution in [0.1, 0.15) is 17.8 Å². The number of aromatic nitrogens is 4. The van der Waals surface area contributed by atoms with E-state index in [1.807, 2.05) is 4.68 Å². The Hall–Kier alpha value is -2.51. The molecule has 0 fully saturated rings. The Labute approximate surface area is 115 Å². The molecule has 1 N–H and O–H groups in total. The van der Waals surface area contributed by atoms with Gasteiger partial charge in [0.2, 0.25) is 0 Å². The molecule has 1 aliphatic rings. The first kappa shape index (κ1) is 12.5. The molecule has 1 atom stereocenters. The van der Waals surface area contributed by atoms with Crippen molar-refractivity contribution in [2.24, 2.45) is 0 Å². The number of nitro groups is 1. The molecule has 1 unspecified atom stereocenters. The highest BCUT2D eigenvalue weighted by atomic mass is 16.6. The van der Waals surface area contributed by atoms with Crippen LogP contribution in [0, 0.1) is 17.0 Å². The normalized spacial score (nSPS) is 17.6. The third kappa shape index (κ3) is 2.31. The van der Waals surface area contributed by atoms with E-state index in [-0.39, 0.29) is 11.7 Å². The Morgan fingerprint density at radius 1 is 1.50 bits per heavy atom. The molecule has 2 aromatic heterocycles. The molecule has 3 rings (SSSR count). The van der Waals surface area contributed by atoms with Gasteiger partial charge in [0, 0.05) is 18.0 Å². The van der Waals surface area contributed by atoms with E-state index < -0.39 is 4.92 Å². The van der Waals surface area contributed by atoms with Gasteiger partial charge in [-0.2, -0.15) is 5.10 Å². The van der Waals surface area contributed by atoms with E-state index in [1.54, 1.807) is 19.3 Å². The van der Waals surface area contributed by atoms with E-state index in [0.29, 0.717) is 11.4 Å². The Kier molecular flexibility index (Phi) is 3.05. The summed E-state index contributed by atoms with van der Waals surface area (Å²) in [6, 6.07) is 1.91. The van der Waals surface area contributed by atoms with Crippen LogP contribution in [0.15, 0.2) is 18.6 Å². The van der Waals surface area contributed by atoms with Crippen molar-refractivity contribution in [1.82, 2.24) is 19.7 Å². The van der Waals surface area contributed by atoms with Crippen LogP contribution in [0.5, 0.6) is 0 Å². The van der Waals surface area contributed by atoms with Crippen molar-refractivity contribution in [1.29, 1.82) is 0 Å². The van der Waals surface area contributed by atoms with Gasteiger partial charge in [0.15, 0.2) is 0 Å². The second kappa shape index (κ2) is 4.87. The average molecular weight is 274 g/mol. The van der Waals surface area contributed by atoms with Gasteiger partial charge in [0.1, 0.15) is 24.2 Å². The first-order chi connectivity index (χ1) is 9.63. The highest BCUT2D eigenvalue weighted by molar-refractivity contribution is 5.47. The van der Waals surface area contributed by atoms with Gasteiger partial charge in [-0.1, -0.05) is 0 Å². The van der Waals surface area contributed by atoms with E-state index in [4.69, 9.17) is 0 Å². The van der Waals surface area contributed by atoms with Crippen LogP contribution in [-0.4, -0.2) is 30.7 Å². The van der Waals surface area contributed by atoms with Crippen LogP contribution in [0.25, 0.3) is 0 Å². The minimum absolute atomic E-state index is 0.0396. The summed E-state index contributed by atoms with van der Waals surface area (Å²) in [6.07, 6.45) is 4.66. The monoisotopic (exact) mass is 274 g/mol.